The van der Waals surface area contributed by atoms with Gasteiger partial charge >= 0.3 is 0 Å². The average molecular weight is 410 g/mol. The van der Waals surface area contributed by atoms with Crippen LogP contribution in [0.15, 0.2) is 54.6 Å². The predicted octanol–water partition coefficient (Wildman–Crippen LogP) is 5.73. The fourth-order valence-corrected chi connectivity index (χ4v) is 4.22. The van der Waals surface area contributed by atoms with E-state index in [0.717, 1.165) is 12.4 Å². The van der Waals surface area contributed by atoms with Crippen LogP contribution < -0.4 is 4.74 Å². The molecular formula is C20H22BrClO2. The topological polar surface area (TPSA) is 18.5 Å². The molecule has 0 bridgehead atoms. The number of hydrogen-bond acceptors (Lipinski definition) is 2. The van der Waals surface area contributed by atoms with Gasteiger partial charge in [-0.05, 0) is 42.5 Å². The molecule has 1 saturated carbocycles. The smallest absolute Gasteiger partial charge is 0.120 e. The van der Waals surface area contributed by atoms with Gasteiger partial charge in [-0.15, -0.1) is 0 Å². The highest BCUT2D eigenvalue weighted by Crippen LogP contribution is 2.37. The molecule has 1 unspecified atom stereocenters. The molecule has 2 nitrogen and oxygen atoms in total. The van der Waals surface area contributed by atoms with Crippen LogP contribution in [0.25, 0.3) is 0 Å². The van der Waals surface area contributed by atoms with E-state index in [2.05, 4.69) is 28.1 Å². The Morgan fingerprint density at radius 1 is 1.00 bits per heavy atom. The first-order valence-corrected chi connectivity index (χ1v) is 9.66. The van der Waals surface area contributed by atoms with Gasteiger partial charge in [-0.1, -0.05) is 63.9 Å². The van der Waals surface area contributed by atoms with E-state index in [1.807, 2.05) is 42.5 Å². The zero-order valence-corrected chi connectivity index (χ0v) is 15.9. The van der Waals surface area contributed by atoms with E-state index in [4.69, 9.17) is 21.1 Å². The first-order chi connectivity index (χ1) is 11.7. The Bertz CT molecular complexity index is 635. The Labute approximate surface area is 157 Å². The molecule has 0 N–H and O–H groups in total. The standard InChI is InChI=1S/C20H22BrClO2/c21-20-10-9-16(13-23-12-15-5-2-1-3-6-15)19(20)14-24-18-8-4-7-17(22)11-18/h1-8,11,16,19-20H,9-10,12-14H2/t16-,19-,20?/m1/s1. The Hall–Kier alpha value is -1.03. The molecule has 1 aliphatic rings. The summed E-state index contributed by atoms with van der Waals surface area (Å²) in [7, 11) is 0. The van der Waals surface area contributed by atoms with Gasteiger partial charge in [0.15, 0.2) is 0 Å². The molecule has 0 aliphatic heterocycles. The maximum atomic E-state index is 6.02. The highest BCUT2D eigenvalue weighted by Gasteiger charge is 2.35. The summed E-state index contributed by atoms with van der Waals surface area (Å²) in [5.74, 6) is 1.81. The Morgan fingerprint density at radius 2 is 1.83 bits per heavy atom. The van der Waals surface area contributed by atoms with Crippen molar-refractivity contribution in [3.8, 4) is 5.75 Å². The fourth-order valence-electron chi connectivity index (χ4n) is 3.20. The first kappa shape index (κ1) is 17.8. The van der Waals surface area contributed by atoms with Crippen molar-refractivity contribution in [3.05, 3.63) is 65.2 Å². The van der Waals surface area contributed by atoms with Crippen LogP contribution in [0.1, 0.15) is 18.4 Å². The van der Waals surface area contributed by atoms with Gasteiger partial charge in [-0.3, -0.25) is 0 Å². The molecule has 1 fully saturated rings. The van der Waals surface area contributed by atoms with Gasteiger partial charge < -0.3 is 9.47 Å². The molecule has 2 aromatic carbocycles. The van der Waals surface area contributed by atoms with Crippen LogP contribution in [0.4, 0.5) is 0 Å². The van der Waals surface area contributed by atoms with Crippen molar-refractivity contribution in [1.29, 1.82) is 0 Å². The summed E-state index contributed by atoms with van der Waals surface area (Å²) in [5, 5.41) is 0.706. The van der Waals surface area contributed by atoms with Crippen LogP contribution in [0, 0.1) is 11.8 Å². The monoisotopic (exact) mass is 408 g/mol. The van der Waals surface area contributed by atoms with Crippen molar-refractivity contribution >= 4 is 27.5 Å². The molecule has 4 heteroatoms. The minimum absolute atomic E-state index is 0.458. The Balaban J connectivity index is 1.49. The lowest BCUT2D eigenvalue weighted by molar-refractivity contribution is 0.0647. The maximum absolute atomic E-state index is 6.02. The van der Waals surface area contributed by atoms with E-state index in [0.29, 0.717) is 34.9 Å². The third-order valence-electron chi connectivity index (χ3n) is 4.57. The Kier molecular flexibility index (Phi) is 6.59. The summed E-state index contributed by atoms with van der Waals surface area (Å²) >= 11 is 9.82. The van der Waals surface area contributed by atoms with Crippen LogP contribution in [0.5, 0.6) is 5.75 Å². The van der Waals surface area contributed by atoms with Crippen LogP contribution in [0.3, 0.4) is 0 Å². The number of benzene rings is 2. The molecule has 0 spiro atoms. The molecular weight excluding hydrogens is 388 g/mol. The second-order valence-corrected chi connectivity index (χ2v) is 7.90. The summed E-state index contributed by atoms with van der Waals surface area (Å²) < 4.78 is 11.9. The normalized spacial score (nSPS) is 23.3. The van der Waals surface area contributed by atoms with Gasteiger partial charge in [0.2, 0.25) is 0 Å². The molecule has 24 heavy (non-hydrogen) atoms. The molecule has 2 aromatic rings. The van der Waals surface area contributed by atoms with Crippen LogP contribution >= 0.6 is 27.5 Å². The van der Waals surface area contributed by atoms with Crippen molar-refractivity contribution in [2.45, 2.75) is 24.3 Å². The second-order valence-electron chi connectivity index (χ2n) is 6.29. The van der Waals surface area contributed by atoms with Crippen molar-refractivity contribution < 1.29 is 9.47 Å². The minimum Gasteiger partial charge on any atom is -0.493 e. The van der Waals surface area contributed by atoms with Crippen molar-refractivity contribution in [2.75, 3.05) is 13.2 Å². The molecule has 3 atom stereocenters. The summed E-state index contributed by atoms with van der Waals surface area (Å²) in [4.78, 5) is 0.488. The number of alkyl halides is 1. The summed E-state index contributed by atoms with van der Waals surface area (Å²) in [5.41, 5.74) is 1.22. The molecule has 0 amide bonds. The highest BCUT2D eigenvalue weighted by molar-refractivity contribution is 9.09. The van der Waals surface area contributed by atoms with Crippen molar-refractivity contribution in [2.24, 2.45) is 11.8 Å². The van der Waals surface area contributed by atoms with Gasteiger partial charge in [0.25, 0.3) is 0 Å². The van der Waals surface area contributed by atoms with Gasteiger partial charge in [0.1, 0.15) is 5.75 Å². The zero-order valence-electron chi connectivity index (χ0n) is 13.5. The zero-order chi connectivity index (χ0) is 16.8. The summed E-state index contributed by atoms with van der Waals surface area (Å²) in [6.07, 6.45) is 2.34. The molecule has 0 saturated heterocycles. The van der Waals surface area contributed by atoms with E-state index in [1.54, 1.807) is 0 Å². The number of rotatable bonds is 7. The third kappa shape index (κ3) is 4.98. The number of hydrogen-bond donors (Lipinski definition) is 0. The summed E-state index contributed by atoms with van der Waals surface area (Å²) in [6.45, 7) is 2.14. The van der Waals surface area contributed by atoms with Gasteiger partial charge in [-0.2, -0.15) is 0 Å². The van der Waals surface area contributed by atoms with Gasteiger partial charge in [-0.25, -0.2) is 0 Å². The van der Waals surface area contributed by atoms with E-state index >= 15 is 0 Å². The lowest BCUT2D eigenvalue weighted by Gasteiger charge is -2.22. The molecule has 0 heterocycles. The maximum Gasteiger partial charge on any atom is 0.120 e. The van der Waals surface area contributed by atoms with Gasteiger partial charge in [0, 0.05) is 15.8 Å². The van der Waals surface area contributed by atoms with Crippen molar-refractivity contribution in [3.63, 3.8) is 0 Å². The van der Waals surface area contributed by atoms with E-state index in [1.165, 1.54) is 18.4 Å². The lowest BCUT2D eigenvalue weighted by Crippen LogP contribution is -2.25. The van der Waals surface area contributed by atoms with E-state index in [9.17, 15) is 0 Å². The summed E-state index contributed by atoms with van der Waals surface area (Å²) in [6, 6.07) is 17.9. The molecule has 0 aromatic heterocycles. The molecule has 3 rings (SSSR count). The quantitative estimate of drug-likeness (QED) is 0.544. The fraction of sp³-hybridized carbons (Fsp3) is 0.400. The number of ether oxygens (including phenoxy) is 2. The van der Waals surface area contributed by atoms with Crippen LogP contribution in [-0.2, 0) is 11.3 Å². The van der Waals surface area contributed by atoms with Crippen LogP contribution in [-0.4, -0.2) is 18.0 Å². The highest BCUT2D eigenvalue weighted by atomic mass is 79.9. The SMILES string of the molecule is Clc1cccc(OC[C@H]2C(Br)CC[C@@H]2COCc2ccccc2)c1. The lowest BCUT2D eigenvalue weighted by atomic mass is 9.98. The molecule has 1 aliphatic carbocycles. The van der Waals surface area contributed by atoms with Crippen molar-refractivity contribution in [1.82, 2.24) is 0 Å². The minimum atomic E-state index is 0.458. The largest absolute Gasteiger partial charge is 0.493 e. The van der Waals surface area contributed by atoms with Gasteiger partial charge in [0.05, 0.1) is 19.8 Å². The van der Waals surface area contributed by atoms with Crippen LogP contribution in [0.2, 0.25) is 5.02 Å². The predicted molar refractivity (Wildman–Crippen MR) is 102 cm³/mol. The Morgan fingerprint density at radius 3 is 2.62 bits per heavy atom. The third-order valence-corrected chi connectivity index (χ3v) is 5.94. The molecule has 128 valence electrons. The first-order valence-electron chi connectivity index (χ1n) is 8.36. The molecule has 0 radical (unpaired) electrons. The number of halogens is 2. The second kappa shape index (κ2) is 8.89. The average Bonchev–Trinajstić information content (AvgIpc) is 2.94. The van der Waals surface area contributed by atoms with E-state index < -0.39 is 0 Å². The van der Waals surface area contributed by atoms with E-state index in [-0.39, 0.29) is 0 Å².